The number of para-hydroxylation sites is 1. The van der Waals surface area contributed by atoms with Gasteiger partial charge in [-0.05, 0) is 30.5 Å². The van der Waals surface area contributed by atoms with Crippen LogP contribution in [0.25, 0.3) is 0 Å². The van der Waals surface area contributed by atoms with Gasteiger partial charge in [0, 0.05) is 14.1 Å². The van der Waals surface area contributed by atoms with Crippen LogP contribution in [0.15, 0.2) is 58.1 Å². The Morgan fingerprint density at radius 3 is 2.22 bits per heavy atom. The zero-order chi connectivity index (χ0) is 22.9. The Morgan fingerprint density at radius 2 is 1.56 bits per heavy atom. The zero-order valence-corrected chi connectivity index (χ0v) is 18.3. The molecule has 7 heteroatoms. The van der Waals surface area contributed by atoms with E-state index in [0.29, 0.717) is 0 Å². The lowest BCUT2D eigenvalue weighted by Gasteiger charge is -2.40. The van der Waals surface area contributed by atoms with Crippen molar-refractivity contribution in [2.45, 2.75) is 37.6 Å². The van der Waals surface area contributed by atoms with E-state index in [1.165, 1.54) is 11.0 Å². The van der Waals surface area contributed by atoms with E-state index in [-0.39, 0.29) is 34.3 Å². The number of anilines is 3. The first-order chi connectivity index (χ1) is 15.3. The van der Waals surface area contributed by atoms with Gasteiger partial charge in [0.15, 0.2) is 5.75 Å². The molecule has 32 heavy (non-hydrogen) atoms. The number of nitrogens with zero attached hydrogens (tertiary/aromatic N) is 1. The number of hydrogen-bond acceptors (Lipinski definition) is 6. The number of benzene rings is 2. The van der Waals surface area contributed by atoms with E-state index in [1.807, 2.05) is 30.3 Å². The van der Waals surface area contributed by atoms with Gasteiger partial charge < -0.3 is 20.6 Å². The smallest absolute Gasteiger partial charge is 0.257 e. The summed E-state index contributed by atoms with van der Waals surface area (Å²) >= 11 is 0. The summed E-state index contributed by atoms with van der Waals surface area (Å²) in [4.78, 5) is 38.6. The van der Waals surface area contributed by atoms with Crippen LogP contribution in [-0.2, 0) is 5.54 Å². The maximum absolute atomic E-state index is 12.5. The quantitative estimate of drug-likeness (QED) is 0.405. The van der Waals surface area contributed by atoms with Crippen molar-refractivity contribution in [3.63, 3.8) is 0 Å². The number of carbonyl (C=O) groups excluding carboxylic acids is 1. The molecule has 166 valence electrons. The Balaban J connectivity index is 1.68. The summed E-state index contributed by atoms with van der Waals surface area (Å²) in [5.41, 5.74) is 0.0866. The topological polar surface area (TPSA) is 98.7 Å². The summed E-state index contributed by atoms with van der Waals surface area (Å²) in [6.45, 7) is 0. The van der Waals surface area contributed by atoms with E-state index in [1.54, 1.807) is 26.2 Å². The number of phenolic OH excluding ortho intramolecular Hbond substituents is 1. The van der Waals surface area contributed by atoms with Gasteiger partial charge in [0.1, 0.15) is 11.4 Å². The van der Waals surface area contributed by atoms with Gasteiger partial charge in [-0.15, -0.1) is 0 Å². The molecule has 1 aliphatic carbocycles. The molecular formula is C25H27N3O4. The van der Waals surface area contributed by atoms with Crippen LogP contribution in [0.5, 0.6) is 5.75 Å². The van der Waals surface area contributed by atoms with E-state index >= 15 is 0 Å². The molecule has 0 heterocycles. The molecule has 0 unspecified atom stereocenters. The molecular weight excluding hydrogens is 406 g/mol. The lowest BCUT2D eigenvalue weighted by Crippen LogP contribution is -2.44. The Hall–Kier alpha value is -3.61. The number of nitrogens with one attached hydrogen (secondary N) is 2. The minimum absolute atomic E-state index is 0.112. The third-order valence-electron chi connectivity index (χ3n) is 6.24. The Labute approximate surface area is 186 Å². The molecule has 1 aliphatic rings. The first-order valence-electron chi connectivity index (χ1n) is 10.8. The molecule has 0 radical (unpaired) electrons. The summed E-state index contributed by atoms with van der Waals surface area (Å²) in [6.07, 6.45) is 4.89. The molecule has 1 amide bonds. The first kappa shape index (κ1) is 21.6. The maximum atomic E-state index is 12.5. The van der Waals surface area contributed by atoms with Gasteiger partial charge in [-0.2, -0.15) is 0 Å². The summed E-state index contributed by atoms with van der Waals surface area (Å²) in [7, 11) is 3.18. The molecule has 3 aromatic rings. The molecule has 7 nitrogen and oxygen atoms in total. The van der Waals surface area contributed by atoms with Crippen molar-refractivity contribution in [1.29, 1.82) is 0 Å². The highest BCUT2D eigenvalue weighted by Gasteiger charge is 2.37. The molecule has 0 atom stereocenters. The summed E-state index contributed by atoms with van der Waals surface area (Å²) in [5, 5.41) is 16.9. The largest absolute Gasteiger partial charge is 0.505 e. The lowest BCUT2D eigenvalue weighted by atomic mass is 9.76. The van der Waals surface area contributed by atoms with Crippen LogP contribution in [-0.4, -0.2) is 30.0 Å². The van der Waals surface area contributed by atoms with Crippen molar-refractivity contribution in [2.24, 2.45) is 0 Å². The monoisotopic (exact) mass is 433 g/mol. The fourth-order valence-electron chi connectivity index (χ4n) is 4.46. The van der Waals surface area contributed by atoms with Gasteiger partial charge in [-0.1, -0.05) is 55.7 Å². The van der Waals surface area contributed by atoms with E-state index in [9.17, 15) is 19.5 Å². The number of amides is 1. The molecule has 0 bridgehead atoms. The molecule has 0 saturated heterocycles. The predicted molar refractivity (Wildman–Crippen MR) is 126 cm³/mol. The third-order valence-corrected chi connectivity index (χ3v) is 6.24. The second-order valence-electron chi connectivity index (χ2n) is 8.57. The standard InChI is InChI=1S/C25H27N3O4/c1-28(2)24(32)17-12-9-13-18(21(17)29)26-19-20(23(31)22(19)30)27-25(14-7-4-8-15-25)16-10-5-3-6-11-16/h3,5-6,9-13,26-27,29H,4,7-8,14-15H2,1-2H3. The number of aromatic hydroxyl groups is 1. The van der Waals surface area contributed by atoms with Crippen molar-refractivity contribution in [1.82, 2.24) is 4.90 Å². The number of rotatable bonds is 6. The number of phenols is 1. The highest BCUT2D eigenvalue weighted by molar-refractivity contribution is 5.99. The van der Waals surface area contributed by atoms with Crippen molar-refractivity contribution in [2.75, 3.05) is 24.7 Å². The van der Waals surface area contributed by atoms with Gasteiger partial charge in [-0.3, -0.25) is 14.4 Å². The van der Waals surface area contributed by atoms with Crippen LogP contribution in [0.1, 0.15) is 48.0 Å². The van der Waals surface area contributed by atoms with E-state index in [4.69, 9.17) is 0 Å². The Morgan fingerprint density at radius 1 is 0.906 bits per heavy atom. The summed E-state index contributed by atoms with van der Waals surface area (Å²) < 4.78 is 0. The minimum atomic E-state index is -0.643. The second-order valence-corrected chi connectivity index (χ2v) is 8.57. The number of hydrogen-bond donors (Lipinski definition) is 3. The summed E-state index contributed by atoms with van der Waals surface area (Å²) in [6, 6.07) is 14.7. The van der Waals surface area contributed by atoms with Crippen molar-refractivity contribution in [3.8, 4) is 5.75 Å². The average molecular weight is 434 g/mol. The van der Waals surface area contributed by atoms with Crippen LogP contribution >= 0.6 is 0 Å². The van der Waals surface area contributed by atoms with Gasteiger partial charge in [0.2, 0.25) is 0 Å². The van der Waals surface area contributed by atoms with Gasteiger partial charge >= 0.3 is 0 Å². The van der Waals surface area contributed by atoms with E-state index < -0.39 is 16.4 Å². The number of carbonyl (C=O) groups is 1. The fourth-order valence-corrected chi connectivity index (χ4v) is 4.46. The molecule has 0 aromatic heterocycles. The van der Waals surface area contributed by atoms with Crippen LogP contribution in [0, 0.1) is 0 Å². The maximum Gasteiger partial charge on any atom is 0.257 e. The normalized spacial score (nSPS) is 15.3. The van der Waals surface area contributed by atoms with E-state index in [2.05, 4.69) is 10.6 Å². The molecule has 1 fully saturated rings. The lowest BCUT2D eigenvalue weighted by molar-refractivity contribution is 0.0824. The molecule has 3 aromatic carbocycles. The third kappa shape index (κ3) is 3.75. The Kier molecular flexibility index (Phi) is 5.74. The molecule has 0 spiro atoms. The minimum Gasteiger partial charge on any atom is -0.505 e. The van der Waals surface area contributed by atoms with Crippen LogP contribution < -0.4 is 21.5 Å². The van der Waals surface area contributed by atoms with Crippen molar-refractivity contribution in [3.05, 3.63) is 80.1 Å². The van der Waals surface area contributed by atoms with Gasteiger partial charge in [-0.25, -0.2) is 0 Å². The SMILES string of the molecule is CN(C)C(=O)c1cccc(Nc2c(NC3(c4ccccc4)CCCCC3)c(=O)c2=O)c1O. The van der Waals surface area contributed by atoms with Crippen LogP contribution in [0.3, 0.4) is 0 Å². The highest BCUT2D eigenvalue weighted by atomic mass is 16.3. The summed E-state index contributed by atoms with van der Waals surface area (Å²) in [5.74, 6) is -0.625. The first-order valence-corrected chi connectivity index (χ1v) is 10.8. The van der Waals surface area contributed by atoms with Gasteiger partial charge in [0.05, 0.1) is 16.8 Å². The van der Waals surface area contributed by atoms with Crippen LogP contribution in [0.2, 0.25) is 0 Å². The zero-order valence-electron chi connectivity index (χ0n) is 18.3. The van der Waals surface area contributed by atoms with Crippen LogP contribution in [0.4, 0.5) is 17.1 Å². The second kappa shape index (κ2) is 8.49. The average Bonchev–Trinajstić information content (AvgIpc) is 2.82. The van der Waals surface area contributed by atoms with Gasteiger partial charge in [0.25, 0.3) is 16.8 Å². The molecule has 4 rings (SSSR count). The van der Waals surface area contributed by atoms with E-state index in [0.717, 1.165) is 37.7 Å². The predicted octanol–water partition coefficient (Wildman–Crippen LogP) is 3.71. The molecule has 0 aliphatic heterocycles. The highest BCUT2D eigenvalue weighted by Crippen LogP contribution is 2.41. The molecule has 3 N–H and O–H groups in total. The van der Waals surface area contributed by atoms with Crippen molar-refractivity contribution >= 4 is 23.0 Å². The van der Waals surface area contributed by atoms with Crippen molar-refractivity contribution < 1.29 is 9.90 Å². The fraction of sp³-hybridized carbons (Fsp3) is 0.320. The Bertz CT molecular complexity index is 1200. The molecule has 1 saturated carbocycles.